The van der Waals surface area contributed by atoms with Gasteiger partial charge < -0.3 is 13.8 Å². The highest BCUT2D eigenvalue weighted by molar-refractivity contribution is 7.62. The molecule has 1 aromatic carbocycles. The minimum absolute atomic E-state index is 0.488. The van der Waals surface area contributed by atoms with Crippen LogP contribution in [0.25, 0.3) is 0 Å². The molecule has 0 aromatic heterocycles. The third kappa shape index (κ3) is 2.15. The first-order valence-electron chi connectivity index (χ1n) is 4.02. The van der Waals surface area contributed by atoms with Crippen LogP contribution >= 0.6 is 7.60 Å². The number of ether oxygens (including phenoxy) is 1. The van der Waals surface area contributed by atoms with Crippen molar-refractivity contribution >= 4 is 12.9 Å². The van der Waals surface area contributed by atoms with Gasteiger partial charge in [-0.05, 0) is 18.2 Å². The van der Waals surface area contributed by atoms with E-state index >= 15 is 0 Å². The van der Waals surface area contributed by atoms with E-state index in [1.165, 1.54) is 14.2 Å². The summed E-state index contributed by atoms with van der Waals surface area (Å²) in [6.45, 7) is 0. The normalized spacial score (nSPS) is 11.4. The third-order valence-electron chi connectivity index (χ3n) is 1.85. The maximum Gasteiger partial charge on any atom is 0.360 e. The van der Waals surface area contributed by atoms with E-state index in [9.17, 15) is 4.57 Å². The van der Waals surface area contributed by atoms with Gasteiger partial charge in [0.05, 0.1) is 12.4 Å². The highest BCUT2D eigenvalue weighted by Gasteiger charge is 2.24. The molecule has 0 radical (unpaired) electrons. The van der Waals surface area contributed by atoms with Crippen LogP contribution in [0.15, 0.2) is 24.3 Å². The zero-order valence-corrected chi connectivity index (χ0v) is 9.28. The Labute approximate surface area is 83.3 Å². The summed E-state index contributed by atoms with van der Waals surface area (Å²) in [6, 6.07) is 6.81. The van der Waals surface area contributed by atoms with Gasteiger partial charge in [0.15, 0.2) is 0 Å². The zero-order valence-electron chi connectivity index (χ0n) is 8.39. The van der Waals surface area contributed by atoms with Gasteiger partial charge in [-0.3, -0.25) is 4.57 Å². The average Bonchev–Trinajstić information content (AvgIpc) is 2.28. The Morgan fingerprint density at radius 3 is 2.29 bits per heavy atom. The second kappa shape index (κ2) is 4.60. The molecule has 14 heavy (non-hydrogen) atoms. The van der Waals surface area contributed by atoms with Crippen molar-refractivity contribution in [3.05, 3.63) is 24.3 Å². The number of rotatable bonds is 4. The van der Waals surface area contributed by atoms with Crippen molar-refractivity contribution < 1.29 is 18.3 Å². The first-order chi connectivity index (χ1) is 6.66. The largest absolute Gasteiger partial charge is 0.497 e. The lowest BCUT2D eigenvalue weighted by molar-refractivity contribution is 0.287. The van der Waals surface area contributed by atoms with Crippen LogP contribution < -0.4 is 10.0 Å². The van der Waals surface area contributed by atoms with E-state index < -0.39 is 7.60 Å². The number of methoxy groups -OCH3 is 1. The molecule has 0 bridgehead atoms. The van der Waals surface area contributed by atoms with Crippen molar-refractivity contribution in [2.75, 3.05) is 21.3 Å². The molecule has 0 spiro atoms. The van der Waals surface area contributed by atoms with Crippen LogP contribution in [-0.2, 0) is 13.6 Å². The summed E-state index contributed by atoms with van der Waals surface area (Å²) in [5, 5.41) is 0.488. The third-order valence-corrected chi connectivity index (χ3v) is 3.72. The first-order valence-corrected chi connectivity index (χ1v) is 5.56. The number of benzene rings is 1. The molecule has 0 aliphatic heterocycles. The van der Waals surface area contributed by atoms with Crippen molar-refractivity contribution in [1.82, 2.24) is 0 Å². The quantitative estimate of drug-likeness (QED) is 0.720. The molecule has 0 aliphatic rings. The van der Waals surface area contributed by atoms with Crippen LogP contribution in [-0.4, -0.2) is 21.3 Å². The fourth-order valence-corrected chi connectivity index (χ4v) is 2.19. The summed E-state index contributed by atoms with van der Waals surface area (Å²) >= 11 is 0. The Kier molecular flexibility index (Phi) is 3.69. The van der Waals surface area contributed by atoms with Gasteiger partial charge in [0.25, 0.3) is 0 Å². The molecular weight excluding hydrogens is 203 g/mol. The molecular formula is C9H13O4P. The van der Waals surface area contributed by atoms with E-state index in [0.717, 1.165) is 0 Å². The minimum Gasteiger partial charge on any atom is -0.497 e. The standard InChI is InChI=1S/C9H13O4P/c1-11-8-5-4-6-9(7-8)14(10,12-2)13-3/h4-7H,1-3H3. The molecule has 0 unspecified atom stereocenters. The Morgan fingerprint density at radius 2 is 1.79 bits per heavy atom. The van der Waals surface area contributed by atoms with Crippen molar-refractivity contribution in [1.29, 1.82) is 0 Å². The molecule has 0 atom stereocenters. The van der Waals surface area contributed by atoms with E-state index in [2.05, 4.69) is 0 Å². The molecule has 4 nitrogen and oxygen atoms in total. The second-order valence-corrected chi connectivity index (χ2v) is 4.81. The summed E-state index contributed by atoms with van der Waals surface area (Å²) < 4.78 is 26.6. The summed E-state index contributed by atoms with van der Waals surface area (Å²) in [7, 11) is 1.09. The Balaban J connectivity index is 3.11. The molecule has 78 valence electrons. The molecule has 0 saturated heterocycles. The Hall–Kier alpha value is -0.830. The fourth-order valence-electron chi connectivity index (χ4n) is 1.07. The van der Waals surface area contributed by atoms with Gasteiger partial charge in [0.2, 0.25) is 0 Å². The van der Waals surface area contributed by atoms with Gasteiger partial charge >= 0.3 is 7.60 Å². The highest BCUT2D eigenvalue weighted by Crippen LogP contribution is 2.45. The first kappa shape index (κ1) is 11.2. The predicted octanol–water partition coefficient (Wildman–Crippen LogP) is 1.81. The lowest BCUT2D eigenvalue weighted by atomic mass is 10.3. The fraction of sp³-hybridized carbons (Fsp3) is 0.333. The zero-order chi connectivity index (χ0) is 10.6. The molecule has 0 aliphatic carbocycles. The Bertz CT molecular complexity index is 342. The van der Waals surface area contributed by atoms with Gasteiger partial charge in [0.1, 0.15) is 5.75 Å². The molecule has 5 heteroatoms. The monoisotopic (exact) mass is 216 g/mol. The van der Waals surface area contributed by atoms with E-state index in [0.29, 0.717) is 11.1 Å². The van der Waals surface area contributed by atoms with Crippen molar-refractivity contribution in [3.63, 3.8) is 0 Å². The summed E-state index contributed by atoms with van der Waals surface area (Å²) in [6.07, 6.45) is 0. The minimum atomic E-state index is -3.15. The molecule has 1 aromatic rings. The number of hydrogen-bond donors (Lipinski definition) is 0. The van der Waals surface area contributed by atoms with Crippen molar-refractivity contribution in [2.24, 2.45) is 0 Å². The van der Waals surface area contributed by atoms with Crippen molar-refractivity contribution in [2.45, 2.75) is 0 Å². The molecule has 0 heterocycles. The lowest BCUT2D eigenvalue weighted by Crippen LogP contribution is -2.07. The van der Waals surface area contributed by atoms with E-state index in [4.69, 9.17) is 13.8 Å². The van der Waals surface area contributed by atoms with Crippen LogP contribution in [0.3, 0.4) is 0 Å². The lowest BCUT2D eigenvalue weighted by Gasteiger charge is -2.13. The maximum absolute atomic E-state index is 11.9. The van der Waals surface area contributed by atoms with Gasteiger partial charge in [-0.1, -0.05) is 6.07 Å². The van der Waals surface area contributed by atoms with Crippen LogP contribution in [0.2, 0.25) is 0 Å². The van der Waals surface area contributed by atoms with Crippen LogP contribution in [0.4, 0.5) is 0 Å². The van der Waals surface area contributed by atoms with E-state index in [1.807, 2.05) is 0 Å². The highest BCUT2D eigenvalue weighted by atomic mass is 31.2. The number of hydrogen-bond acceptors (Lipinski definition) is 4. The SMILES string of the molecule is COc1cccc(P(=O)(OC)OC)c1. The van der Waals surface area contributed by atoms with E-state index in [-0.39, 0.29) is 0 Å². The smallest absolute Gasteiger partial charge is 0.360 e. The van der Waals surface area contributed by atoms with Crippen molar-refractivity contribution in [3.8, 4) is 5.75 Å². The van der Waals surface area contributed by atoms with Gasteiger partial charge in [0, 0.05) is 14.2 Å². The summed E-state index contributed by atoms with van der Waals surface area (Å²) in [4.78, 5) is 0. The Morgan fingerprint density at radius 1 is 1.14 bits per heavy atom. The summed E-state index contributed by atoms with van der Waals surface area (Å²) in [5.41, 5.74) is 0. The molecule has 0 amide bonds. The van der Waals surface area contributed by atoms with Gasteiger partial charge in [-0.25, -0.2) is 0 Å². The van der Waals surface area contributed by atoms with Crippen LogP contribution in [0.1, 0.15) is 0 Å². The van der Waals surface area contributed by atoms with Gasteiger partial charge in [-0.2, -0.15) is 0 Å². The molecule has 0 N–H and O–H groups in total. The molecule has 0 fully saturated rings. The second-order valence-electron chi connectivity index (χ2n) is 2.56. The molecule has 0 saturated carbocycles. The van der Waals surface area contributed by atoms with Crippen LogP contribution in [0, 0.1) is 0 Å². The van der Waals surface area contributed by atoms with Gasteiger partial charge in [-0.15, -0.1) is 0 Å². The topological polar surface area (TPSA) is 44.8 Å². The summed E-state index contributed by atoms with van der Waals surface area (Å²) in [5.74, 6) is 0.622. The predicted molar refractivity (Wildman–Crippen MR) is 54.3 cm³/mol. The average molecular weight is 216 g/mol. The maximum atomic E-state index is 11.9. The van der Waals surface area contributed by atoms with Crippen LogP contribution in [0.5, 0.6) is 5.75 Å². The van der Waals surface area contributed by atoms with E-state index in [1.54, 1.807) is 31.4 Å². The molecule has 1 rings (SSSR count).